The summed E-state index contributed by atoms with van der Waals surface area (Å²) in [7, 11) is 0. The van der Waals surface area contributed by atoms with Gasteiger partial charge in [-0.05, 0) is 31.2 Å². The normalized spacial score (nSPS) is 15.5. The lowest BCUT2D eigenvalue weighted by molar-refractivity contribution is -0.135. The van der Waals surface area contributed by atoms with Gasteiger partial charge in [0.05, 0.1) is 5.69 Å². The number of nitrogens with zero attached hydrogens (tertiary/aromatic N) is 3. The lowest BCUT2D eigenvalue weighted by Crippen LogP contribution is -2.42. The first-order valence-electron chi connectivity index (χ1n) is 9.38. The molecule has 0 radical (unpaired) electrons. The number of hydrogen-bond donors (Lipinski definition) is 0. The van der Waals surface area contributed by atoms with Crippen LogP contribution in [0, 0.1) is 18.8 Å². The van der Waals surface area contributed by atoms with Crippen LogP contribution in [-0.2, 0) is 11.3 Å². The summed E-state index contributed by atoms with van der Waals surface area (Å²) in [4.78, 5) is 26.5. The summed E-state index contributed by atoms with van der Waals surface area (Å²) >= 11 is 0. The maximum absolute atomic E-state index is 12.4. The number of piperidine rings is 1. The Kier molecular flexibility index (Phi) is 5.55. The minimum absolute atomic E-state index is 0.0429. The standard InChI is InChI=1S/C21H27N3O2/c1-15(2)21(26)23-11-9-17(10-12-23)14-24-19(25)13-16(3)20(22-24)18-7-5-4-6-8-18/h4-8,13,15,17H,9-12,14H2,1-3H3. The van der Waals surface area contributed by atoms with Crippen LogP contribution in [0.5, 0.6) is 0 Å². The molecule has 1 aromatic carbocycles. The largest absolute Gasteiger partial charge is 0.342 e. The number of aromatic nitrogens is 2. The van der Waals surface area contributed by atoms with Crippen molar-refractivity contribution in [1.82, 2.24) is 14.7 Å². The maximum atomic E-state index is 12.4. The van der Waals surface area contributed by atoms with Gasteiger partial charge in [-0.25, -0.2) is 4.68 Å². The first-order valence-corrected chi connectivity index (χ1v) is 9.38. The van der Waals surface area contributed by atoms with Crippen molar-refractivity contribution in [2.75, 3.05) is 13.1 Å². The summed E-state index contributed by atoms with van der Waals surface area (Å²) in [6.45, 7) is 7.96. The van der Waals surface area contributed by atoms with Crippen LogP contribution in [0.25, 0.3) is 11.3 Å². The summed E-state index contributed by atoms with van der Waals surface area (Å²) in [5.74, 6) is 0.643. The van der Waals surface area contributed by atoms with Crippen molar-refractivity contribution in [2.45, 2.75) is 40.2 Å². The second-order valence-electron chi connectivity index (χ2n) is 7.49. The first kappa shape index (κ1) is 18.4. The maximum Gasteiger partial charge on any atom is 0.267 e. The molecule has 0 saturated carbocycles. The van der Waals surface area contributed by atoms with Gasteiger partial charge in [0.1, 0.15) is 0 Å². The molecule has 2 aromatic rings. The molecule has 0 N–H and O–H groups in total. The summed E-state index contributed by atoms with van der Waals surface area (Å²) in [6.07, 6.45) is 1.84. The van der Waals surface area contributed by atoms with Gasteiger partial charge in [-0.2, -0.15) is 5.10 Å². The van der Waals surface area contributed by atoms with E-state index in [-0.39, 0.29) is 17.4 Å². The molecule has 26 heavy (non-hydrogen) atoms. The number of rotatable bonds is 4. The molecule has 0 bridgehead atoms. The van der Waals surface area contributed by atoms with Crippen molar-refractivity contribution in [3.05, 3.63) is 52.3 Å². The van der Waals surface area contributed by atoms with E-state index in [4.69, 9.17) is 0 Å². The second kappa shape index (κ2) is 7.85. The molecule has 0 atom stereocenters. The minimum atomic E-state index is -0.0529. The van der Waals surface area contributed by atoms with Crippen molar-refractivity contribution in [3.8, 4) is 11.3 Å². The number of aryl methyl sites for hydroxylation is 1. The highest BCUT2D eigenvalue weighted by molar-refractivity contribution is 5.78. The van der Waals surface area contributed by atoms with Gasteiger partial charge in [0.2, 0.25) is 5.91 Å². The molecular weight excluding hydrogens is 326 g/mol. The fourth-order valence-corrected chi connectivity index (χ4v) is 3.53. The van der Waals surface area contributed by atoms with Gasteiger partial charge in [-0.3, -0.25) is 9.59 Å². The lowest BCUT2D eigenvalue weighted by Gasteiger charge is -2.33. The van der Waals surface area contributed by atoms with Crippen molar-refractivity contribution in [3.63, 3.8) is 0 Å². The Morgan fingerprint density at radius 3 is 2.46 bits per heavy atom. The molecule has 0 unspecified atom stereocenters. The van der Waals surface area contributed by atoms with Crippen molar-refractivity contribution in [2.24, 2.45) is 11.8 Å². The second-order valence-corrected chi connectivity index (χ2v) is 7.49. The molecule has 1 aliphatic rings. The highest BCUT2D eigenvalue weighted by Crippen LogP contribution is 2.22. The molecule has 5 nitrogen and oxygen atoms in total. The van der Waals surface area contributed by atoms with Crippen molar-refractivity contribution >= 4 is 5.91 Å². The first-order chi connectivity index (χ1) is 12.5. The van der Waals surface area contributed by atoms with Gasteiger partial charge in [0.15, 0.2) is 0 Å². The minimum Gasteiger partial charge on any atom is -0.342 e. The number of amides is 1. The van der Waals surface area contributed by atoms with Crippen molar-refractivity contribution < 1.29 is 4.79 Å². The molecule has 5 heteroatoms. The van der Waals surface area contributed by atoms with E-state index >= 15 is 0 Å². The van der Waals surface area contributed by atoms with Crippen molar-refractivity contribution in [1.29, 1.82) is 0 Å². The number of likely N-dealkylation sites (tertiary alicyclic amines) is 1. The Hall–Kier alpha value is -2.43. The number of carbonyl (C=O) groups is 1. The third-order valence-corrected chi connectivity index (χ3v) is 5.09. The Labute approximate surface area is 154 Å². The smallest absolute Gasteiger partial charge is 0.267 e. The van der Waals surface area contributed by atoms with Crippen LogP contribution in [0.1, 0.15) is 32.3 Å². The fourth-order valence-electron chi connectivity index (χ4n) is 3.53. The summed E-state index contributed by atoms with van der Waals surface area (Å²) < 4.78 is 1.60. The molecule has 138 valence electrons. The van der Waals surface area contributed by atoms with E-state index in [1.807, 2.05) is 56.0 Å². The lowest BCUT2D eigenvalue weighted by atomic mass is 9.96. The molecule has 3 rings (SSSR count). The van der Waals surface area contributed by atoms with Crippen LogP contribution in [0.15, 0.2) is 41.2 Å². The van der Waals surface area contributed by atoms with Gasteiger partial charge in [0.25, 0.3) is 5.56 Å². The Balaban J connectivity index is 1.73. The van der Waals surface area contributed by atoms with E-state index in [1.165, 1.54) is 0 Å². The zero-order valence-electron chi connectivity index (χ0n) is 15.8. The highest BCUT2D eigenvalue weighted by atomic mass is 16.2. The van der Waals surface area contributed by atoms with Crippen LogP contribution >= 0.6 is 0 Å². The van der Waals surface area contributed by atoms with Gasteiger partial charge in [-0.1, -0.05) is 44.2 Å². The van der Waals surface area contributed by atoms with E-state index in [2.05, 4.69) is 5.10 Å². The van der Waals surface area contributed by atoms with E-state index in [0.29, 0.717) is 12.5 Å². The summed E-state index contributed by atoms with van der Waals surface area (Å²) in [5.41, 5.74) is 2.73. The average molecular weight is 353 g/mol. The van der Waals surface area contributed by atoms with Gasteiger partial charge >= 0.3 is 0 Å². The Morgan fingerprint density at radius 1 is 1.19 bits per heavy atom. The van der Waals surface area contributed by atoms with Crippen LogP contribution in [-0.4, -0.2) is 33.7 Å². The predicted octanol–water partition coefficient (Wildman–Crippen LogP) is 3.11. The molecule has 0 spiro atoms. The molecule has 1 amide bonds. The quantitative estimate of drug-likeness (QED) is 0.849. The molecule has 2 heterocycles. The van der Waals surface area contributed by atoms with E-state index < -0.39 is 0 Å². The predicted molar refractivity (Wildman–Crippen MR) is 103 cm³/mol. The summed E-state index contributed by atoms with van der Waals surface area (Å²) in [6, 6.07) is 11.6. The van der Waals surface area contributed by atoms with E-state index in [1.54, 1.807) is 10.7 Å². The molecular formula is C21H27N3O2. The Morgan fingerprint density at radius 2 is 1.85 bits per heavy atom. The molecule has 1 aliphatic heterocycles. The van der Waals surface area contributed by atoms with Crippen LogP contribution in [0.2, 0.25) is 0 Å². The highest BCUT2D eigenvalue weighted by Gasteiger charge is 2.25. The Bertz CT molecular complexity index is 819. The van der Waals surface area contributed by atoms with Gasteiger partial charge in [-0.15, -0.1) is 0 Å². The summed E-state index contributed by atoms with van der Waals surface area (Å²) in [5, 5.41) is 4.64. The third kappa shape index (κ3) is 4.03. The van der Waals surface area contributed by atoms with Crippen LogP contribution < -0.4 is 5.56 Å². The zero-order valence-corrected chi connectivity index (χ0v) is 15.8. The average Bonchev–Trinajstić information content (AvgIpc) is 2.64. The van der Waals surface area contributed by atoms with Crippen LogP contribution in [0.4, 0.5) is 0 Å². The zero-order chi connectivity index (χ0) is 18.7. The van der Waals surface area contributed by atoms with Gasteiger partial charge in [0, 0.05) is 37.2 Å². The molecule has 1 aromatic heterocycles. The number of hydrogen-bond acceptors (Lipinski definition) is 3. The molecule has 1 saturated heterocycles. The van der Waals surface area contributed by atoms with E-state index in [0.717, 1.165) is 42.8 Å². The topological polar surface area (TPSA) is 55.2 Å². The molecule has 1 fully saturated rings. The SMILES string of the molecule is Cc1cc(=O)n(CC2CCN(C(=O)C(C)C)CC2)nc1-c1ccccc1. The molecule has 0 aliphatic carbocycles. The third-order valence-electron chi connectivity index (χ3n) is 5.09. The van der Waals surface area contributed by atoms with Crippen LogP contribution in [0.3, 0.4) is 0 Å². The monoisotopic (exact) mass is 353 g/mol. The van der Waals surface area contributed by atoms with E-state index in [9.17, 15) is 9.59 Å². The van der Waals surface area contributed by atoms with Gasteiger partial charge < -0.3 is 4.90 Å². The number of benzene rings is 1. The fraction of sp³-hybridized carbons (Fsp3) is 0.476. The number of carbonyl (C=O) groups excluding carboxylic acids is 1.